The number of hydrogen-bond donors (Lipinski definition) is 3. The molecule has 1 rings (SSSR count). The molecule has 5 N–H and O–H groups in total. The second-order valence-electron chi connectivity index (χ2n) is 6.52. The average molecular weight is 306 g/mol. The van der Waals surface area contributed by atoms with E-state index in [1.165, 1.54) is 12.4 Å². The van der Waals surface area contributed by atoms with Crippen molar-refractivity contribution in [1.29, 1.82) is 0 Å². The van der Waals surface area contributed by atoms with Gasteiger partial charge in [0, 0.05) is 12.4 Å². The molecule has 1 atom stereocenters. The van der Waals surface area contributed by atoms with Crippen LogP contribution in [0.2, 0.25) is 0 Å². The Kier molecular flexibility index (Phi) is 5.24. The highest BCUT2D eigenvalue weighted by Gasteiger charge is 2.43. The Hall–Kier alpha value is -2.44. The molecular weight excluding hydrogens is 284 g/mol. The smallest absolute Gasteiger partial charge is 0.253 e. The molecule has 0 aromatic carbocycles. The fraction of sp³-hybridized carbons (Fsp3) is 0.467. The molecule has 0 aliphatic carbocycles. The number of nitrogens with two attached hydrogens (primary N) is 2. The molecule has 1 unspecified atom stereocenters. The summed E-state index contributed by atoms with van der Waals surface area (Å²) in [5, 5.41) is 2.58. The summed E-state index contributed by atoms with van der Waals surface area (Å²) in [6.07, 6.45) is 2.72. The molecule has 1 aromatic heterocycles. The van der Waals surface area contributed by atoms with E-state index in [1.54, 1.807) is 12.1 Å². The summed E-state index contributed by atoms with van der Waals surface area (Å²) in [7, 11) is 0. The maximum absolute atomic E-state index is 12.3. The predicted molar refractivity (Wildman–Crippen MR) is 81.5 cm³/mol. The van der Waals surface area contributed by atoms with Crippen molar-refractivity contribution in [3.63, 3.8) is 0 Å². The van der Waals surface area contributed by atoms with E-state index in [0.717, 1.165) is 0 Å². The molecule has 0 saturated carbocycles. The van der Waals surface area contributed by atoms with Crippen molar-refractivity contribution in [1.82, 2.24) is 10.3 Å². The fourth-order valence-corrected chi connectivity index (χ4v) is 2.38. The lowest BCUT2D eigenvalue weighted by Crippen LogP contribution is -2.60. The highest BCUT2D eigenvalue weighted by molar-refractivity contribution is 6.00. The van der Waals surface area contributed by atoms with Crippen molar-refractivity contribution in [2.45, 2.75) is 39.2 Å². The predicted octanol–water partition coefficient (Wildman–Crippen LogP) is 0.347. The van der Waals surface area contributed by atoms with Crippen molar-refractivity contribution in [3.05, 3.63) is 30.1 Å². The summed E-state index contributed by atoms with van der Waals surface area (Å²) in [6, 6.07) is 3.15. The molecule has 0 aliphatic heterocycles. The monoisotopic (exact) mass is 306 g/mol. The van der Waals surface area contributed by atoms with Crippen LogP contribution in [0, 0.1) is 5.41 Å². The molecule has 3 amide bonds. The number of aromatic nitrogens is 1. The number of pyridine rings is 1. The highest BCUT2D eigenvalue weighted by atomic mass is 16.2. The van der Waals surface area contributed by atoms with Gasteiger partial charge in [-0.25, -0.2) is 0 Å². The van der Waals surface area contributed by atoms with Crippen LogP contribution < -0.4 is 16.8 Å². The number of nitrogens with zero attached hydrogens (tertiary/aromatic N) is 1. The molecule has 22 heavy (non-hydrogen) atoms. The second kappa shape index (κ2) is 6.55. The molecule has 7 nitrogen and oxygen atoms in total. The van der Waals surface area contributed by atoms with Gasteiger partial charge in [0.05, 0.1) is 12.0 Å². The first-order valence-electron chi connectivity index (χ1n) is 6.86. The number of carbonyl (C=O) groups is 3. The SMILES string of the molecule is CC(C)(C)CC(CC(N)=O)(NC(=O)c1cccnc1)C(N)=O. The topological polar surface area (TPSA) is 128 Å². The van der Waals surface area contributed by atoms with Crippen molar-refractivity contribution >= 4 is 17.7 Å². The van der Waals surface area contributed by atoms with E-state index in [-0.39, 0.29) is 23.8 Å². The van der Waals surface area contributed by atoms with Crippen molar-refractivity contribution in [2.75, 3.05) is 0 Å². The normalized spacial score (nSPS) is 14.0. The minimum Gasteiger partial charge on any atom is -0.370 e. The number of hydrogen-bond acceptors (Lipinski definition) is 4. The quantitative estimate of drug-likeness (QED) is 0.700. The molecule has 1 aromatic rings. The summed E-state index contributed by atoms with van der Waals surface area (Å²) in [6.45, 7) is 5.63. The second-order valence-corrected chi connectivity index (χ2v) is 6.52. The van der Waals surface area contributed by atoms with Crippen LogP contribution in [0.4, 0.5) is 0 Å². The Morgan fingerprint density at radius 1 is 1.23 bits per heavy atom. The summed E-state index contributed by atoms with van der Waals surface area (Å²) in [5.74, 6) is -2.04. The minimum absolute atomic E-state index is 0.185. The van der Waals surface area contributed by atoms with Gasteiger partial charge in [-0.15, -0.1) is 0 Å². The summed E-state index contributed by atoms with van der Waals surface area (Å²) in [4.78, 5) is 39.5. The average Bonchev–Trinajstić information content (AvgIpc) is 2.36. The zero-order chi connectivity index (χ0) is 17.0. The van der Waals surface area contributed by atoms with E-state index in [0.29, 0.717) is 0 Å². The van der Waals surface area contributed by atoms with E-state index in [4.69, 9.17) is 11.5 Å². The van der Waals surface area contributed by atoms with E-state index in [1.807, 2.05) is 20.8 Å². The van der Waals surface area contributed by atoms with Crippen molar-refractivity contribution in [3.8, 4) is 0 Å². The van der Waals surface area contributed by atoms with Crippen LogP contribution in [-0.4, -0.2) is 28.2 Å². The van der Waals surface area contributed by atoms with Gasteiger partial charge in [0.1, 0.15) is 5.54 Å². The van der Waals surface area contributed by atoms with Gasteiger partial charge in [0.2, 0.25) is 11.8 Å². The Labute approximate surface area is 129 Å². The van der Waals surface area contributed by atoms with Crippen LogP contribution in [0.15, 0.2) is 24.5 Å². The Morgan fingerprint density at radius 2 is 1.86 bits per heavy atom. The minimum atomic E-state index is -1.53. The third-order valence-corrected chi connectivity index (χ3v) is 3.06. The van der Waals surface area contributed by atoms with Crippen molar-refractivity contribution < 1.29 is 14.4 Å². The molecule has 120 valence electrons. The molecule has 0 saturated heterocycles. The maximum Gasteiger partial charge on any atom is 0.253 e. The summed E-state index contributed by atoms with van der Waals surface area (Å²) in [5.41, 5.74) is 9.10. The fourth-order valence-electron chi connectivity index (χ4n) is 2.38. The number of primary amides is 2. The zero-order valence-corrected chi connectivity index (χ0v) is 13.1. The van der Waals surface area contributed by atoms with E-state index in [9.17, 15) is 14.4 Å². The van der Waals surface area contributed by atoms with Gasteiger partial charge in [-0.05, 0) is 24.0 Å². The molecule has 0 spiro atoms. The van der Waals surface area contributed by atoms with Crippen LogP contribution in [0.3, 0.4) is 0 Å². The number of nitrogens with one attached hydrogen (secondary N) is 1. The molecule has 7 heteroatoms. The van der Waals surface area contributed by atoms with Gasteiger partial charge in [0.25, 0.3) is 5.91 Å². The molecular formula is C15H22N4O3. The molecule has 0 fully saturated rings. The largest absolute Gasteiger partial charge is 0.370 e. The Morgan fingerprint density at radius 3 is 2.27 bits per heavy atom. The van der Waals surface area contributed by atoms with Gasteiger partial charge < -0.3 is 16.8 Å². The van der Waals surface area contributed by atoms with Crippen LogP contribution in [0.1, 0.15) is 44.0 Å². The van der Waals surface area contributed by atoms with Gasteiger partial charge in [-0.1, -0.05) is 20.8 Å². The lowest BCUT2D eigenvalue weighted by atomic mass is 9.77. The van der Waals surface area contributed by atoms with Gasteiger partial charge in [-0.2, -0.15) is 0 Å². The molecule has 1 heterocycles. The number of amides is 3. The summed E-state index contributed by atoms with van der Waals surface area (Å²) < 4.78 is 0. The van der Waals surface area contributed by atoms with E-state index in [2.05, 4.69) is 10.3 Å². The van der Waals surface area contributed by atoms with Gasteiger partial charge in [0.15, 0.2) is 0 Å². The van der Waals surface area contributed by atoms with E-state index >= 15 is 0 Å². The summed E-state index contributed by atoms with van der Waals surface area (Å²) >= 11 is 0. The molecule has 0 aliphatic rings. The van der Waals surface area contributed by atoms with Gasteiger partial charge in [-0.3, -0.25) is 19.4 Å². The lowest BCUT2D eigenvalue weighted by molar-refractivity contribution is -0.130. The zero-order valence-electron chi connectivity index (χ0n) is 13.1. The highest BCUT2D eigenvalue weighted by Crippen LogP contribution is 2.30. The number of rotatable bonds is 6. The van der Waals surface area contributed by atoms with Crippen LogP contribution in [0.5, 0.6) is 0 Å². The first-order chi connectivity index (χ1) is 10.1. The maximum atomic E-state index is 12.3. The Balaban J connectivity index is 3.15. The van der Waals surface area contributed by atoms with Crippen LogP contribution >= 0.6 is 0 Å². The molecule has 0 bridgehead atoms. The molecule has 0 radical (unpaired) electrons. The Bertz CT molecular complexity index is 566. The standard InChI is InChI=1S/C15H22N4O3/c1-14(2,3)9-15(13(17)22,7-11(16)20)19-12(21)10-5-4-6-18-8-10/h4-6,8H,7,9H2,1-3H3,(H2,16,20)(H2,17,22)(H,19,21). The third-order valence-electron chi connectivity index (χ3n) is 3.06. The third kappa shape index (κ3) is 4.83. The number of carbonyl (C=O) groups excluding carboxylic acids is 3. The van der Waals surface area contributed by atoms with Crippen molar-refractivity contribution in [2.24, 2.45) is 16.9 Å². The van der Waals surface area contributed by atoms with Crippen LogP contribution in [-0.2, 0) is 9.59 Å². The first-order valence-corrected chi connectivity index (χ1v) is 6.86. The van der Waals surface area contributed by atoms with Gasteiger partial charge >= 0.3 is 0 Å². The van der Waals surface area contributed by atoms with Crippen LogP contribution in [0.25, 0.3) is 0 Å². The first kappa shape index (κ1) is 17.6. The van der Waals surface area contributed by atoms with E-state index < -0.39 is 23.3 Å². The lowest BCUT2D eigenvalue weighted by Gasteiger charge is -2.36.